The Labute approximate surface area is 128 Å². The fourth-order valence-corrected chi connectivity index (χ4v) is 1.65. The van der Waals surface area contributed by atoms with Gasteiger partial charge in [-0.2, -0.15) is 0 Å². The summed E-state index contributed by atoms with van der Waals surface area (Å²) in [6.07, 6.45) is 4.80. The van der Waals surface area contributed by atoms with Crippen LogP contribution < -0.4 is 15.4 Å². The van der Waals surface area contributed by atoms with Gasteiger partial charge in [0.05, 0.1) is 0 Å². The largest absolute Gasteiger partial charge is 0.550 e. The number of rotatable bonds is 2. The van der Waals surface area contributed by atoms with Crippen molar-refractivity contribution in [1.29, 1.82) is 0 Å². The highest BCUT2D eigenvalue weighted by Crippen LogP contribution is 2.04. The van der Waals surface area contributed by atoms with Gasteiger partial charge in [-0.15, -0.1) is 0 Å². The maximum atomic E-state index is 9.17. The van der Waals surface area contributed by atoms with Crippen LogP contribution in [0.25, 0.3) is 0 Å². The second kappa shape index (κ2) is 16.3. The zero-order valence-corrected chi connectivity index (χ0v) is 14.4. The molecule has 0 aliphatic carbocycles. The van der Waals surface area contributed by atoms with Crippen molar-refractivity contribution in [2.45, 2.75) is 47.5 Å². The van der Waals surface area contributed by atoms with E-state index in [1.165, 1.54) is 23.9 Å². The summed E-state index contributed by atoms with van der Waals surface area (Å²) in [7, 11) is 3.61. The van der Waals surface area contributed by atoms with Gasteiger partial charge in [0.15, 0.2) is 11.9 Å². The molecule has 0 saturated heterocycles. The third-order valence-electron chi connectivity index (χ3n) is 2.22. The van der Waals surface area contributed by atoms with Crippen LogP contribution in [0.15, 0.2) is 12.3 Å². The van der Waals surface area contributed by atoms with Gasteiger partial charge in [0.25, 0.3) is 0 Å². The molecule has 0 radical (unpaired) electrons. The standard InChI is InChI=1S/C10H16N.C3H6O.C2H4O2.CH5N/c1-5-10-9(3)6-8(2)7-11(10)4;1-2-3-4;1-2(3)4;1-2/h6-7H,5H2,1-4H3;3H,2H2,1H3;1H3,(H,3,4);2H2,1H3/q+1;;;/p-1. The average molecular weight is 298 g/mol. The topological polar surface area (TPSA) is 87.1 Å². The van der Waals surface area contributed by atoms with E-state index < -0.39 is 5.97 Å². The fourth-order valence-electron chi connectivity index (χ4n) is 1.65. The third kappa shape index (κ3) is 16.2. The Bertz CT molecular complexity index is 378. The molecular weight excluding hydrogens is 268 g/mol. The molecule has 0 aromatic carbocycles. The first kappa shape index (κ1) is 24.3. The number of hydrogen-bond acceptors (Lipinski definition) is 4. The monoisotopic (exact) mass is 298 g/mol. The molecule has 0 amide bonds. The number of carboxylic acid groups (broad SMARTS) is 1. The molecule has 1 rings (SSSR count). The van der Waals surface area contributed by atoms with Gasteiger partial charge in [0.2, 0.25) is 0 Å². The van der Waals surface area contributed by atoms with E-state index in [1.807, 2.05) is 6.92 Å². The van der Waals surface area contributed by atoms with E-state index in [1.54, 1.807) is 0 Å². The molecule has 5 heteroatoms. The number of aryl methyl sites for hydroxylation is 3. The Morgan fingerprint density at radius 1 is 1.33 bits per heavy atom. The van der Waals surface area contributed by atoms with Crippen molar-refractivity contribution < 1.29 is 19.3 Å². The van der Waals surface area contributed by atoms with Crippen molar-refractivity contribution in [3.63, 3.8) is 0 Å². The summed E-state index contributed by atoms with van der Waals surface area (Å²) in [5, 5.41) is 8.89. The summed E-state index contributed by atoms with van der Waals surface area (Å²) in [6, 6.07) is 2.23. The second-order valence-electron chi connectivity index (χ2n) is 4.18. The molecule has 0 aliphatic heterocycles. The summed E-state index contributed by atoms with van der Waals surface area (Å²) in [5.41, 5.74) is 8.66. The molecule has 0 saturated carbocycles. The highest BCUT2D eigenvalue weighted by atomic mass is 16.4. The van der Waals surface area contributed by atoms with Gasteiger partial charge in [-0.05, 0) is 33.9 Å². The van der Waals surface area contributed by atoms with Crippen molar-refractivity contribution in [2.24, 2.45) is 12.8 Å². The number of aromatic nitrogens is 1. The SMILES string of the molecule is CC(=O)[O-].CCC=O.CCc1c(C)cc(C)c[n+]1C.CN. The molecule has 0 atom stereocenters. The average Bonchev–Trinajstić information content (AvgIpc) is 2.40. The van der Waals surface area contributed by atoms with Crippen molar-refractivity contribution in [2.75, 3.05) is 7.05 Å². The number of nitrogens with two attached hydrogens (primary N) is 1. The molecular formula is C16H30N2O3. The van der Waals surface area contributed by atoms with Crippen LogP contribution in [-0.2, 0) is 23.1 Å². The van der Waals surface area contributed by atoms with Crippen molar-refractivity contribution >= 4 is 12.3 Å². The maximum absolute atomic E-state index is 9.17. The first-order valence-electron chi connectivity index (χ1n) is 6.94. The van der Waals surface area contributed by atoms with E-state index in [0.29, 0.717) is 6.42 Å². The molecule has 0 spiro atoms. The molecule has 5 nitrogen and oxygen atoms in total. The summed E-state index contributed by atoms with van der Waals surface area (Å²) >= 11 is 0. The number of carboxylic acids is 1. The molecule has 122 valence electrons. The van der Waals surface area contributed by atoms with Crippen LogP contribution in [0.3, 0.4) is 0 Å². The molecule has 2 N–H and O–H groups in total. The van der Waals surface area contributed by atoms with Gasteiger partial charge in [0, 0.05) is 29.9 Å². The minimum Gasteiger partial charge on any atom is -0.550 e. The van der Waals surface area contributed by atoms with Crippen LogP contribution in [0.5, 0.6) is 0 Å². The van der Waals surface area contributed by atoms with Gasteiger partial charge in [-0.1, -0.05) is 13.8 Å². The minimum atomic E-state index is -1.08. The molecule has 21 heavy (non-hydrogen) atoms. The van der Waals surface area contributed by atoms with Crippen LogP contribution in [0.2, 0.25) is 0 Å². The fraction of sp³-hybridized carbons (Fsp3) is 0.562. The van der Waals surface area contributed by atoms with E-state index in [0.717, 1.165) is 19.6 Å². The first-order valence-corrected chi connectivity index (χ1v) is 6.94. The van der Waals surface area contributed by atoms with Crippen molar-refractivity contribution in [3.8, 4) is 0 Å². The summed E-state index contributed by atoms with van der Waals surface area (Å²) in [4.78, 5) is 18.1. The minimum absolute atomic E-state index is 0.639. The van der Waals surface area contributed by atoms with E-state index >= 15 is 0 Å². The molecule has 1 aromatic rings. The Kier molecular flexibility index (Phi) is 18.9. The zero-order valence-electron chi connectivity index (χ0n) is 14.4. The Morgan fingerprint density at radius 2 is 1.71 bits per heavy atom. The Hall–Kier alpha value is -1.75. The predicted octanol–water partition coefficient (Wildman–Crippen LogP) is 0.617. The van der Waals surface area contributed by atoms with Crippen LogP contribution >= 0.6 is 0 Å². The van der Waals surface area contributed by atoms with Crippen LogP contribution in [0.1, 0.15) is 44.0 Å². The summed E-state index contributed by atoms with van der Waals surface area (Å²) in [5.74, 6) is -1.08. The Morgan fingerprint density at radius 3 is 1.95 bits per heavy atom. The quantitative estimate of drug-likeness (QED) is 0.640. The number of aliphatic carboxylic acids is 1. The highest BCUT2D eigenvalue weighted by Gasteiger charge is 2.07. The van der Waals surface area contributed by atoms with Crippen LogP contribution in [-0.4, -0.2) is 19.3 Å². The number of aldehydes is 1. The molecule has 1 heterocycles. The second-order valence-corrected chi connectivity index (χ2v) is 4.18. The zero-order chi connectivity index (χ0) is 17.4. The first-order chi connectivity index (χ1) is 9.79. The van der Waals surface area contributed by atoms with Gasteiger partial charge < -0.3 is 20.4 Å². The van der Waals surface area contributed by atoms with E-state index in [2.05, 4.69) is 50.4 Å². The number of carbonyl (C=O) groups excluding carboxylic acids is 2. The number of hydrogen-bond donors (Lipinski definition) is 1. The van der Waals surface area contributed by atoms with E-state index in [9.17, 15) is 4.79 Å². The lowest BCUT2D eigenvalue weighted by Crippen LogP contribution is -2.34. The Balaban J connectivity index is -0.000000271. The van der Waals surface area contributed by atoms with Gasteiger partial charge in [-0.3, -0.25) is 0 Å². The lowest BCUT2D eigenvalue weighted by atomic mass is 10.1. The van der Waals surface area contributed by atoms with Crippen LogP contribution in [0, 0.1) is 13.8 Å². The number of carbonyl (C=O) groups is 2. The molecule has 1 aromatic heterocycles. The molecule has 0 aliphatic rings. The lowest BCUT2D eigenvalue weighted by molar-refractivity contribution is -0.679. The molecule has 0 bridgehead atoms. The summed E-state index contributed by atoms with van der Waals surface area (Å²) < 4.78 is 2.21. The van der Waals surface area contributed by atoms with Crippen molar-refractivity contribution in [1.82, 2.24) is 0 Å². The summed E-state index contributed by atoms with van der Waals surface area (Å²) in [6.45, 7) is 9.28. The van der Waals surface area contributed by atoms with E-state index in [4.69, 9.17) is 9.90 Å². The van der Waals surface area contributed by atoms with Crippen molar-refractivity contribution in [3.05, 3.63) is 29.1 Å². The van der Waals surface area contributed by atoms with Crippen LogP contribution in [0.4, 0.5) is 0 Å². The van der Waals surface area contributed by atoms with Gasteiger partial charge in [-0.25, -0.2) is 4.57 Å². The van der Waals surface area contributed by atoms with Gasteiger partial charge in [0.1, 0.15) is 13.3 Å². The molecule has 0 fully saturated rings. The maximum Gasteiger partial charge on any atom is 0.183 e. The molecule has 0 unspecified atom stereocenters. The predicted molar refractivity (Wildman–Crippen MR) is 83.6 cm³/mol. The number of pyridine rings is 1. The number of nitrogens with zero attached hydrogens (tertiary/aromatic N) is 1. The highest BCUT2D eigenvalue weighted by molar-refractivity contribution is 5.60. The smallest absolute Gasteiger partial charge is 0.183 e. The lowest BCUT2D eigenvalue weighted by Gasteiger charge is -2.01. The normalized spacial score (nSPS) is 8.00. The third-order valence-corrected chi connectivity index (χ3v) is 2.22. The van der Waals surface area contributed by atoms with Gasteiger partial charge >= 0.3 is 0 Å². The van der Waals surface area contributed by atoms with E-state index in [-0.39, 0.29) is 0 Å².